The molecule has 2 aromatic carbocycles. The van der Waals surface area contributed by atoms with Crippen LogP contribution in [0.2, 0.25) is 0 Å². The Morgan fingerprint density at radius 3 is 2.71 bits per heavy atom. The predicted octanol–water partition coefficient (Wildman–Crippen LogP) is 2.61. The normalized spacial score (nSPS) is 15.9. The van der Waals surface area contributed by atoms with Gasteiger partial charge in [-0.1, -0.05) is 6.07 Å². The van der Waals surface area contributed by atoms with Crippen molar-refractivity contribution in [3.05, 3.63) is 52.9 Å². The van der Waals surface area contributed by atoms with Gasteiger partial charge in [0.1, 0.15) is 11.1 Å². The van der Waals surface area contributed by atoms with Crippen molar-refractivity contribution in [2.24, 2.45) is 0 Å². The Morgan fingerprint density at radius 2 is 2.03 bits per heavy atom. The summed E-state index contributed by atoms with van der Waals surface area (Å²) in [6.07, 6.45) is 0. The zero-order chi connectivity index (χ0) is 22.1. The van der Waals surface area contributed by atoms with E-state index in [1.54, 1.807) is 37.3 Å². The molecule has 3 aromatic rings. The zero-order valence-corrected chi connectivity index (χ0v) is 17.8. The number of aromatic nitrogens is 2. The number of nitrogens with zero attached hydrogens (tertiary/aromatic N) is 3. The molecule has 162 valence electrons. The van der Waals surface area contributed by atoms with E-state index in [1.807, 2.05) is 0 Å². The van der Waals surface area contributed by atoms with Crippen LogP contribution in [0.25, 0.3) is 11.3 Å². The lowest BCUT2D eigenvalue weighted by atomic mass is 10.1. The van der Waals surface area contributed by atoms with E-state index in [0.717, 1.165) is 5.56 Å². The molecule has 31 heavy (non-hydrogen) atoms. The molecule has 0 bridgehead atoms. The first-order valence-corrected chi connectivity index (χ1v) is 10.3. The van der Waals surface area contributed by atoms with Gasteiger partial charge in [-0.2, -0.15) is 0 Å². The lowest BCUT2D eigenvalue weighted by Crippen LogP contribution is -2.34. The number of nitrogens with one attached hydrogen (secondary N) is 1. The number of benzene rings is 2. The summed E-state index contributed by atoms with van der Waals surface area (Å²) in [5.74, 6) is 1.01. The van der Waals surface area contributed by atoms with Crippen molar-refractivity contribution in [2.75, 3.05) is 25.4 Å². The van der Waals surface area contributed by atoms with Crippen LogP contribution in [-0.2, 0) is 4.79 Å². The van der Waals surface area contributed by atoms with Crippen LogP contribution in [0.15, 0.2) is 41.0 Å². The first-order chi connectivity index (χ1) is 14.9. The molecule has 1 aliphatic rings. The summed E-state index contributed by atoms with van der Waals surface area (Å²) in [6.45, 7) is 1.60. The van der Waals surface area contributed by atoms with Crippen molar-refractivity contribution in [1.29, 1.82) is 0 Å². The number of methoxy groups -OCH3 is 2. The van der Waals surface area contributed by atoms with Gasteiger partial charge in [-0.15, -0.1) is 11.8 Å². The Kier molecular flexibility index (Phi) is 5.51. The summed E-state index contributed by atoms with van der Waals surface area (Å²) >= 11 is 1.44. The maximum atomic E-state index is 12.6. The third-order valence-electron chi connectivity index (χ3n) is 4.89. The lowest BCUT2D eigenvalue weighted by Gasteiger charge is -2.27. The van der Waals surface area contributed by atoms with Crippen LogP contribution in [0.4, 0.5) is 5.69 Å². The predicted molar refractivity (Wildman–Crippen MR) is 113 cm³/mol. The zero-order valence-electron chi connectivity index (χ0n) is 17.0. The second kappa shape index (κ2) is 8.26. The van der Waals surface area contributed by atoms with E-state index in [0.29, 0.717) is 39.0 Å². The molecule has 11 heteroatoms. The first-order valence-electron chi connectivity index (χ1n) is 9.25. The van der Waals surface area contributed by atoms with Gasteiger partial charge in [0, 0.05) is 17.6 Å². The van der Waals surface area contributed by atoms with Gasteiger partial charge in [-0.25, -0.2) is 5.01 Å². The minimum atomic E-state index is -0.354. The number of carbonyl (C=O) groups excluding carboxylic acids is 1. The molecule has 10 nitrogen and oxygen atoms in total. The van der Waals surface area contributed by atoms with E-state index in [4.69, 9.17) is 9.47 Å². The Balaban J connectivity index is 1.68. The number of hydrogen-bond donors (Lipinski definition) is 2. The van der Waals surface area contributed by atoms with Gasteiger partial charge < -0.3 is 19.8 Å². The highest BCUT2D eigenvalue weighted by molar-refractivity contribution is 8.00. The summed E-state index contributed by atoms with van der Waals surface area (Å²) in [4.78, 5) is 13.0. The Labute approximate surface area is 181 Å². The summed E-state index contributed by atoms with van der Waals surface area (Å²) in [5, 5.41) is 26.4. The van der Waals surface area contributed by atoms with E-state index in [9.17, 15) is 15.1 Å². The molecule has 1 saturated heterocycles. The number of ether oxygens (including phenoxy) is 2. The Hall–Kier alpha value is -3.60. The van der Waals surface area contributed by atoms with E-state index < -0.39 is 0 Å². The van der Waals surface area contributed by atoms with Gasteiger partial charge in [0.05, 0.1) is 25.7 Å². The van der Waals surface area contributed by atoms with Crippen LogP contribution < -0.4 is 19.8 Å². The molecule has 2 N–H and O–H groups in total. The number of anilines is 1. The number of hydrogen-bond acceptors (Lipinski definition) is 9. The number of amides is 1. The smallest absolute Gasteiger partial charge is 0.252 e. The van der Waals surface area contributed by atoms with Crippen LogP contribution >= 0.6 is 11.8 Å². The van der Waals surface area contributed by atoms with Crippen molar-refractivity contribution < 1.29 is 28.9 Å². The third kappa shape index (κ3) is 3.79. The van der Waals surface area contributed by atoms with Gasteiger partial charge in [-0.05, 0) is 40.8 Å². The molecule has 1 unspecified atom stereocenters. The maximum absolute atomic E-state index is 12.6. The molecule has 1 aromatic heterocycles. The van der Waals surface area contributed by atoms with Gasteiger partial charge >= 0.3 is 0 Å². The minimum absolute atomic E-state index is 0.0213. The molecule has 1 amide bonds. The summed E-state index contributed by atoms with van der Waals surface area (Å²) in [6, 6.07) is 10.2. The van der Waals surface area contributed by atoms with Gasteiger partial charge in [0.15, 0.2) is 11.5 Å². The van der Waals surface area contributed by atoms with Crippen molar-refractivity contribution in [1.82, 2.24) is 10.2 Å². The highest BCUT2D eigenvalue weighted by Crippen LogP contribution is 2.42. The Morgan fingerprint density at radius 1 is 1.26 bits per heavy atom. The second-order valence-corrected chi connectivity index (χ2v) is 7.82. The topological polar surface area (TPSA) is 124 Å². The molecular formula is C20H20N4O6S. The molecule has 1 atom stereocenters. The minimum Gasteiger partial charge on any atom is -0.504 e. The Bertz CT molecular complexity index is 1130. The fourth-order valence-electron chi connectivity index (χ4n) is 3.26. The number of hydrazine groups is 1. The van der Waals surface area contributed by atoms with E-state index in [-0.39, 0.29) is 22.8 Å². The van der Waals surface area contributed by atoms with Gasteiger partial charge in [0.25, 0.3) is 11.6 Å². The number of rotatable bonds is 6. The van der Waals surface area contributed by atoms with Crippen LogP contribution in [0.1, 0.15) is 16.6 Å². The van der Waals surface area contributed by atoms with E-state index in [2.05, 4.69) is 15.2 Å². The lowest BCUT2D eigenvalue weighted by molar-refractivity contribution is -0.806. The van der Waals surface area contributed by atoms with Crippen molar-refractivity contribution in [2.45, 2.75) is 12.3 Å². The highest BCUT2D eigenvalue weighted by atomic mass is 32.2. The number of thioether (sulfide) groups is 1. The summed E-state index contributed by atoms with van der Waals surface area (Å²) < 4.78 is 15.3. The molecule has 0 radical (unpaired) electrons. The fraction of sp³-hybridized carbons (Fsp3) is 0.250. The van der Waals surface area contributed by atoms with Crippen LogP contribution in [0.3, 0.4) is 0 Å². The van der Waals surface area contributed by atoms with E-state index >= 15 is 0 Å². The number of aromatic hydroxyl groups is 1. The molecule has 4 rings (SSSR count). The molecule has 1 aliphatic heterocycles. The van der Waals surface area contributed by atoms with Gasteiger partial charge in [0.2, 0.25) is 5.69 Å². The largest absolute Gasteiger partial charge is 0.504 e. The molecule has 0 spiro atoms. The van der Waals surface area contributed by atoms with Crippen molar-refractivity contribution in [3.8, 4) is 28.5 Å². The number of phenols is 1. The van der Waals surface area contributed by atoms with Crippen LogP contribution in [-0.4, -0.2) is 41.2 Å². The van der Waals surface area contributed by atoms with E-state index in [1.165, 1.54) is 37.1 Å². The second-order valence-electron chi connectivity index (χ2n) is 6.75. The third-order valence-corrected chi connectivity index (χ3v) is 6.11. The molecule has 2 heterocycles. The van der Waals surface area contributed by atoms with Gasteiger partial charge in [-0.3, -0.25) is 14.8 Å². The quantitative estimate of drug-likeness (QED) is 0.552. The first kappa shape index (κ1) is 20.7. The fourth-order valence-corrected chi connectivity index (χ4v) is 4.36. The number of carbonyl (C=O) groups is 1. The van der Waals surface area contributed by atoms with Crippen LogP contribution in [0, 0.1) is 12.1 Å². The van der Waals surface area contributed by atoms with Crippen LogP contribution in [0.5, 0.6) is 17.2 Å². The SMILES string of the molecule is COc1cc(C2SCC(=O)N2Nc2cc(-c3no[n+]([O-])c3C)ccc2OC)ccc1O. The number of phenolic OH excluding ortho intramolecular Hbond substituents is 1. The molecule has 0 saturated carbocycles. The average Bonchev–Trinajstić information content (AvgIpc) is 3.30. The summed E-state index contributed by atoms with van der Waals surface area (Å²) in [5.41, 5.74) is 5.78. The molecule has 0 aliphatic carbocycles. The standard InChI is InChI=1S/C20H20N4O6S/c1-11-19(22-30-24(11)27)12-5-7-16(28-2)14(8-12)21-23-18(26)10-31-20(23)13-4-6-15(25)17(9-13)29-3/h4-9,20-21,25H,10H2,1-3H3. The van der Waals surface area contributed by atoms with Crippen molar-refractivity contribution >= 4 is 23.4 Å². The molecular weight excluding hydrogens is 424 g/mol. The highest BCUT2D eigenvalue weighted by Gasteiger charge is 2.34. The average molecular weight is 444 g/mol. The van der Waals surface area contributed by atoms with Crippen molar-refractivity contribution in [3.63, 3.8) is 0 Å². The maximum Gasteiger partial charge on any atom is 0.252 e. The summed E-state index contributed by atoms with van der Waals surface area (Å²) in [7, 11) is 2.99. The monoisotopic (exact) mass is 444 g/mol. The molecule has 1 fully saturated rings.